The van der Waals surface area contributed by atoms with Gasteiger partial charge in [0.15, 0.2) is 0 Å². The van der Waals surface area contributed by atoms with Crippen molar-refractivity contribution in [3.8, 4) is 0 Å². The molecule has 0 aliphatic heterocycles. The number of hydrogen-bond donors (Lipinski definition) is 3. The lowest BCUT2D eigenvalue weighted by molar-refractivity contribution is -0.120. The summed E-state index contributed by atoms with van der Waals surface area (Å²) in [6.45, 7) is 4.50. The zero-order valence-corrected chi connectivity index (χ0v) is 12.1. The monoisotopic (exact) mass is 277 g/mol. The molecule has 0 aromatic heterocycles. The lowest BCUT2D eigenvalue weighted by Gasteiger charge is -2.11. The first kappa shape index (κ1) is 16.2. The lowest BCUT2D eigenvalue weighted by atomic mass is 10.1. The second-order valence-electron chi connectivity index (χ2n) is 4.71. The lowest BCUT2D eigenvalue weighted by Crippen LogP contribution is -2.35. The van der Waals surface area contributed by atoms with Gasteiger partial charge < -0.3 is 16.4 Å². The third-order valence-electron chi connectivity index (χ3n) is 2.90. The summed E-state index contributed by atoms with van der Waals surface area (Å²) in [6, 6.07) is 6.75. The van der Waals surface area contributed by atoms with Crippen molar-refractivity contribution in [2.45, 2.75) is 39.2 Å². The number of nitrogens with two attached hydrogens (primary N) is 1. The molecule has 0 aliphatic rings. The molecule has 0 radical (unpaired) electrons. The van der Waals surface area contributed by atoms with Gasteiger partial charge >= 0.3 is 0 Å². The van der Waals surface area contributed by atoms with E-state index in [0.717, 1.165) is 12.0 Å². The molecule has 20 heavy (non-hydrogen) atoms. The summed E-state index contributed by atoms with van der Waals surface area (Å²) >= 11 is 0. The van der Waals surface area contributed by atoms with Gasteiger partial charge in [-0.2, -0.15) is 0 Å². The van der Waals surface area contributed by atoms with Gasteiger partial charge in [0.2, 0.25) is 11.8 Å². The van der Waals surface area contributed by atoms with E-state index >= 15 is 0 Å². The number of benzene rings is 1. The highest BCUT2D eigenvalue weighted by molar-refractivity contribution is 5.94. The van der Waals surface area contributed by atoms with Crippen LogP contribution in [0.5, 0.6) is 0 Å². The topological polar surface area (TPSA) is 84.2 Å². The molecule has 2 amide bonds. The van der Waals surface area contributed by atoms with Gasteiger partial charge in [-0.3, -0.25) is 9.59 Å². The van der Waals surface area contributed by atoms with Crippen LogP contribution in [0.3, 0.4) is 0 Å². The molecule has 5 nitrogen and oxygen atoms in total. The minimum absolute atomic E-state index is 0.00532. The van der Waals surface area contributed by atoms with Crippen LogP contribution in [0, 0.1) is 0 Å². The van der Waals surface area contributed by atoms with Crippen LogP contribution in [-0.2, 0) is 16.0 Å². The quantitative estimate of drug-likeness (QED) is 0.705. The summed E-state index contributed by atoms with van der Waals surface area (Å²) in [7, 11) is 0. The van der Waals surface area contributed by atoms with E-state index in [0.29, 0.717) is 25.1 Å². The Morgan fingerprint density at radius 1 is 1.20 bits per heavy atom. The van der Waals surface area contributed by atoms with Gasteiger partial charge in [-0.25, -0.2) is 0 Å². The molecule has 1 aromatic carbocycles. The number of carbonyl (C=O) groups is 2. The van der Waals surface area contributed by atoms with Crippen LogP contribution in [0.1, 0.15) is 32.3 Å². The van der Waals surface area contributed by atoms with E-state index < -0.39 is 6.04 Å². The van der Waals surface area contributed by atoms with Crippen molar-refractivity contribution in [1.82, 2.24) is 5.32 Å². The molecule has 0 bridgehead atoms. The number of anilines is 1. The summed E-state index contributed by atoms with van der Waals surface area (Å²) in [5.41, 5.74) is 7.34. The Kier molecular flexibility index (Phi) is 6.73. The Balaban J connectivity index is 2.54. The summed E-state index contributed by atoms with van der Waals surface area (Å²) in [4.78, 5) is 23.2. The average molecular weight is 277 g/mol. The molecular formula is C15H23N3O2. The van der Waals surface area contributed by atoms with Crippen molar-refractivity contribution in [3.63, 3.8) is 0 Å². The maximum atomic E-state index is 11.8. The first-order valence-corrected chi connectivity index (χ1v) is 6.98. The molecule has 0 saturated heterocycles. The molecule has 0 spiro atoms. The summed E-state index contributed by atoms with van der Waals surface area (Å²) < 4.78 is 0. The largest absolute Gasteiger partial charge is 0.356 e. The van der Waals surface area contributed by atoms with Gasteiger partial charge in [-0.15, -0.1) is 0 Å². The fraction of sp³-hybridized carbons (Fsp3) is 0.467. The first-order chi connectivity index (χ1) is 9.56. The molecule has 0 unspecified atom stereocenters. The van der Waals surface area contributed by atoms with E-state index in [9.17, 15) is 9.59 Å². The molecule has 0 fully saturated rings. The molecule has 110 valence electrons. The van der Waals surface area contributed by atoms with Gasteiger partial charge in [-0.05, 0) is 31.0 Å². The highest BCUT2D eigenvalue weighted by atomic mass is 16.2. The van der Waals surface area contributed by atoms with Crippen molar-refractivity contribution >= 4 is 17.5 Å². The van der Waals surface area contributed by atoms with E-state index in [-0.39, 0.29) is 11.8 Å². The zero-order valence-electron chi connectivity index (χ0n) is 12.1. The van der Waals surface area contributed by atoms with E-state index in [1.807, 2.05) is 26.0 Å². The second kappa shape index (κ2) is 8.32. The standard InChI is InChI=1S/C15H23N3O2/c1-3-5-13(16)15(20)18-12-8-6-11(7-9-12)10-14(19)17-4-2/h6-9,13H,3-5,10,16H2,1-2H3,(H,17,19)(H,18,20)/t13-/m0/s1. The maximum Gasteiger partial charge on any atom is 0.241 e. The average Bonchev–Trinajstić information content (AvgIpc) is 2.41. The first-order valence-electron chi connectivity index (χ1n) is 6.98. The van der Waals surface area contributed by atoms with Crippen LogP contribution < -0.4 is 16.4 Å². The van der Waals surface area contributed by atoms with Crippen molar-refractivity contribution < 1.29 is 9.59 Å². The van der Waals surface area contributed by atoms with Crippen LogP contribution in [-0.4, -0.2) is 24.4 Å². The Morgan fingerprint density at radius 2 is 1.85 bits per heavy atom. The fourth-order valence-corrected chi connectivity index (χ4v) is 1.83. The molecule has 4 N–H and O–H groups in total. The Labute approximate surface area is 119 Å². The molecule has 1 aromatic rings. The normalized spacial score (nSPS) is 11.8. The maximum absolute atomic E-state index is 11.8. The number of hydrogen-bond acceptors (Lipinski definition) is 3. The van der Waals surface area contributed by atoms with Gasteiger partial charge in [0.25, 0.3) is 0 Å². The Morgan fingerprint density at radius 3 is 2.40 bits per heavy atom. The SMILES string of the molecule is CCC[C@H](N)C(=O)Nc1ccc(CC(=O)NCC)cc1. The van der Waals surface area contributed by atoms with Crippen LogP contribution in [0.15, 0.2) is 24.3 Å². The minimum Gasteiger partial charge on any atom is -0.356 e. The zero-order chi connectivity index (χ0) is 15.0. The molecule has 1 rings (SSSR count). The Bertz CT molecular complexity index is 443. The highest BCUT2D eigenvalue weighted by Crippen LogP contribution is 2.11. The van der Waals surface area contributed by atoms with Crippen molar-refractivity contribution in [3.05, 3.63) is 29.8 Å². The van der Waals surface area contributed by atoms with Gasteiger partial charge in [0, 0.05) is 12.2 Å². The Hall–Kier alpha value is -1.88. The molecule has 0 heterocycles. The fourth-order valence-electron chi connectivity index (χ4n) is 1.83. The van der Waals surface area contributed by atoms with Crippen molar-refractivity contribution in [2.24, 2.45) is 5.73 Å². The van der Waals surface area contributed by atoms with Gasteiger partial charge in [-0.1, -0.05) is 25.5 Å². The molecule has 1 atom stereocenters. The van der Waals surface area contributed by atoms with Crippen molar-refractivity contribution in [2.75, 3.05) is 11.9 Å². The number of carbonyl (C=O) groups excluding carboxylic acids is 2. The van der Waals surface area contributed by atoms with Crippen molar-refractivity contribution in [1.29, 1.82) is 0 Å². The molecule has 5 heteroatoms. The second-order valence-corrected chi connectivity index (χ2v) is 4.71. The van der Waals surface area contributed by atoms with Crippen LogP contribution >= 0.6 is 0 Å². The highest BCUT2D eigenvalue weighted by Gasteiger charge is 2.12. The smallest absolute Gasteiger partial charge is 0.241 e. The van der Waals surface area contributed by atoms with E-state index in [1.54, 1.807) is 12.1 Å². The predicted molar refractivity (Wildman–Crippen MR) is 80.3 cm³/mol. The third kappa shape index (κ3) is 5.40. The van der Waals surface area contributed by atoms with Gasteiger partial charge in [0.05, 0.1) is 12.5 Å². The van der Waals surface area contributed by atoms with E-state index in [4.69, 9.17) is 5.73 Å². The molecule has 0 aliphatic carbocycles. The minimum atomic E-state index is -0.477. The number of rotatable bonds is 7. The van der Waals surface area contributed by atoms with Crippen LogP contribution in [0.2, 0.25) is 0 Å². The molecule has 0 saturated carbocycles. The summed E-state index contributed by atoms with van der Waals surface area (Å²) in [5.74, 6) is -0.183. The summed E-state index contributed by atoms with van der Waals surface area (Å²) in [6.07, 6.45) is 1.89. The van der Waals surface area contributed by atoms with Gasteiger partial charge in [0.1, 0.15) is 0 Å². The molecular weight excluding hydrogens is 254 g/mol. The van der Waals surface area contributed by atoms with Crippen LogP contribution in [0.4, 0.5) is 5.69 Å². The predicted octanol–water partition coefficient (Wildman–Crippen LogP) is 1.43. The number of amides is 2. The number of likely N-dealkylation sites (N-methyl/N-ethyl adjacent to an activating group) is 1. The third-order valence-corrected chi connectivity index (χ3v) is 2.90. The van der Waals surface area contributed by atoms with E-state index in [1.165, 1.54) is 0 Å². The van der Waals surface area contributed by atoms with Crippen LogP contribution in [0.25, 0.3) is 0 Å². The van der Waals surface area contributed by atoms with E-state index in [2.05, 4.69) is 10.6 Å². The number of nitrogens with one attached hydrogen (secondary N) is 2. The summed E-state index contributed by atoms with van der Waals surface area (Å²) in [5, 5.41) is 5.51.